The van der Waals surface area contributed by atoms with Crippen molar-refractivity contribution in [2.75, 3.05) is 24.3 Å². The second-order valence-corrected chi connectivity index (χ2v) is 4.00. The van der Waals surface area contributed by atoms with Crippen molar-refractivity contribution in [1.82, 2.24) is 9.97 Å². The van der Waals surface area contributed by atoms with Crippen molar-refractivity contribution in [3.05, 3.63) is 42.4 Å². The number of aromatic amines is 1. The maximum Gasteiger partial charge on any atom is 0.231 e. The molecule has 2 heterocycles. The summed E-state index contributed by atoms with van der Waals surface area (Å²) in [6.45, 7) is 0. The van der Waals surface area contributed by atoms with Crippen molar-refractivity contribution in [2.45, 2.75) is 6.42 Å². The Balaban J connectivity index is 2.05. The van der Waals surface area contributed by atoms with E-state index in [0.717, 1.165) is 17.1 Å². The van der Waals surface area contributed by atoms with Crippen molar-refractivity contribution >= 4 is 17.4 Å². The van der Waals surface area contributed by atoms with E-state index in [1.807, 2.05) is 37.6 Å². The number of amides is 1. The third-order valence-corrected chi connectivity index (χ3v) is 2.78. The predicted molar refractivity (Wildman–Crippen MR) is 71.7 cm³/mol. The van der Waals surface area contributed by atoms with Crippen molar-refractivity contribution in [3.63, 3.8) is 0 Å². The number of carbonyl (C=O) groups excluding carboxylic acids is 1. The van der Waals surface area contributed by atoms with Gasteiger partial charge in [-0.1, -0.05) is 0 Å². The first-order valence-corrected chi connectivity index (χ1v) is 5.72. The zero-order valence-electron chi connectivity index (χ0n) is 10.5. The van der Waals surface area contributed by atoms with E-state index in [2.05, 4.69) is 15.3 Å². The zero-order chi connectivity index (χ0) is 13.0. The first kappa shape index (κ1) is 12.2. The van der Waals surface area contributed by atoms with Gasteiger partial charge >= 0.3 is 0 Å². The molecule has 5 heteroatoms. The van der Waals surface area contributed by atoms with Crippen LogP contribution in [0.1, 0.15) is 5.56 Å². The van der Waals surface area contributed by atoms with E-state index >= 15 is 0 Å². The summed E-state index contributed by atoms with van der Waals surface area (Å²) < 4.78 is 0. The number of anilines is 2. The quantitative estimate of drug-likeness (QED) is 0.859. The Bertz CT molecular complexity index is 504. The van der Waals surface area contributed by atoms with Crippen LogP contribution in [0, 0.1) is 0 Å². The van der Waals surface area contributed by atoms with Gasteiger partial charge in [0.1, 0.15) is 5.82 Å². The number of hydrogen-bond donors (Lipinski definition) is 2. The van der Waals surface area contributed by atoms with E-state index in [4.69, 9.17) is 0 Å². The number of likely N-dealkylation sites (N-methyl/N-ethyl adjacent to an activating group) is 1. The maximum atomic E-state index is 12.0. The number of rotatable bonds is 4. The average Bonchev–Trinajstić information content (AvgIpc) is 2.91. The molecule has 18 heavy (non-hydrogen) atoms. The molecule has 0 unspecified atom stereocenters. The average molecular weight is 244 g/mol. The first-order chi connectivity index (χ1) is 8.70. The molecule has 0 aromatic carbocycles. The fourth-order valence-corrected chi connectivity index (χ4v) is 1.64. The number of aromatic nitrogens is 2. The molecule has 0 aliphatic carbocycles. The molecule has 0 saturated carbocycles. The third-order valence-electron chi connectivity index (χ3n) is 2.78. The lowest BCUT2D eigenvalue weighted by Crippen LogP contribution is -2.27. The van der Waals surface area contributed by atoms with Gasteiger partial charge in [0.25, 0.3) is 0 Å². The summed E-state index contributed by atoms with van der Waals surface area (Å²) in [4.78, 5) is 20.8. The molecule has 0 aliphatic heterocycles. The summed E-state index contributed by atoms with van der Waals surface area (Å²) >= 11 is 0. The fourth-order valence-electron chi connectivity index (χ4n) is 1.64. The lowest BCUT2D eigenvalue weighted by Gasteiger charge is -2.16. The Hall–Kier alpha value is -2.30. The van der Waals surface area contributed by atoms with Crippen LogP contribution >= 0.6 is 0 Å². The van der Waals surface area contributed by atoms with E-state index in [0.29, 0.717) is 6.42 Å². The van der Waals surface area contributed by atoms with Crippen molar-refractivity contribution < 1.29 is 4.79 Å². The minimum Gasteiger partial charge on any atom is -0.373 e. The standard InChI is InChI=1S/C13H16N4O/c1-14-12-4-3-11(9-16-12)17(2)13(18)7-10-5-6-15-8-10/h3-6,8-9,15H,7H2,1-2H3,(H,14,16). The normalized spacial score (nSPS) is 10.1. The number of hydrogen-bond acceptors (Lipinski definition) is 3. The number of nitrogens with zero attached hydrogens (tertiary/aromatic N) is 2. The van der Waals surface area contributed by atoms with Gasteiger partial charge in [-0.25, -0.2) is 4.98 Å². The Morgan fingerprint density at radius 3 is 2.83 bits per heavy atom. The molecule has 2 rings (SSSR count). The highest BCUT2D eigenvalue weighted by Crippen LogP contribution is 2.14. The van der Waals surface area contributed by atoms with E-state index < -0.39 is 0 Å². The number of pyridine rings is 1. The number of H-pyrrole nitrogens is 1. The largest absolute Gasteiger partial charge is 0.373 e. The van der Waals surface area contributed by atoms with Crippen LogP contribution in [-0.4, -0.2) is 30.0 Å². The van der Waals surface area contributed by atoms with Crippen LogP contribution in [-0.2, 0) is 11.2 Å². The maximum absolute atomic E-state index is 12.0. The topological polar surface area (TPSA) is 61.0 Å². The van der Waals surface area contributed by atoms with Gasteiger partial charge < -0.3 is 15.2 Å². The highest BCUT2D eigenvalue weighted by molar-refractivity contribution is 5.94. The summed E-state index contributed by atoms with van der Waals surface area (Å²) in [6, 6.07) is 5.61. The molecule has 0 spiro atoms. The molecule has 2 aromatic heterocycles. The summed E-state index contributed by atoms with van der Waals surface area (Å²) in [5.74, 6) is 0.818. The van der Waals surface area contributed by atoms with Gasteiger partial charge in [0, 0.05) is 26.5 Å². The fraction of sp³-hybridized carbons (Fsp3) is 0.231. The van der Waals surface area contributed by atoms with Crippen LogP contribution < -0.4 is 10.2 Å². The SMILES string of the molecule is CNc1ccc(N(C)C(=O)Cc2cc[nH]c2)cn1. The monoisotopic (exact) mass is 244 g/mol. The van der Waals surface area contributed by atoms with Gasteiger partial charge in [-0.05, 0) is 23.8 Å². The van der Waals surface area contributed by atoms with Gasteiger partial charge in [-0.2, -0.15) is 0 Å². The van der Waals surface area contributed by atoms with Crippen molar-refractivity contribution in [1.29, 1.82) is 0 Å². The van der Waals surface area contributed by atoms with E-state index in [9.17, 15) is 4.79 Å². The molecule has 0 atom stereocenters. The summed E-state index contributed by atoms with van der Waals surface area (Å²) in [5.41, 5.74) is 1.76. The van der Waals surface area contributed by atoms with Gasteiger partial charge in [-0.15, -0.1) is 0 Å². The van der Waals surface area contributed by atoms with Crippen LogP contribution in [0.2, 0.25) is 0 Å². The lowest BCUT2D eigenvalue weighted by atomic mass is 10.2. The Morgan fingerprint density at radius 1 is 1.44 bits per heavy atom. The van der Waals surface area contributed by atoms with Crippen LogP contribution in [0.15, 0.2) is 36.8 Å². The second-order valence-electron chi connectivity index (χ2n) is 4.00. The molecule has 94 valence electrons. The van der Waals surface area contributed by atoms with Crippen molar-refractivity contribution in [2.24, 2.45) is 0 Å². The van der Waals surface area contributed by atoms with E-state index in [1.54, 1.807) is 18.1 Å². The molecule has 0 fully saturated rings. The highest BCUT2D eigenvalue weighted by atomic mass is 16.2. The molecular weight excluding hydrogens is 228 g/mol. The van der Waals surface area contributed by atoms with Crippen LogP contribution in [0.4, 0.5) is 11.5 Å². The third kappa shape index (κ3) is 2.68. The van der Waals surface area contributed by atoms with E-state index in [1.165, 1.54) is 0 Å². The molecule has 0 saturated heterocycles. The number of carbonyl (C=O) groups is 1. The molecule has 0 bridgehead atoms. The van der Waals surface area contributed by atoms with Gasteiger partial charge in [0.2, 0.25) is 5.91 Å². The summed E-state index contributed by atoms with van der Waals surface area (Å²) in [7, 11) is 3.56. The molecule has 5 nitrogen and oxygen atoms in total. The van der Waals surface area contributed by atoms with Gasteiger partial charge in [-0.3, -0.25) is 4.79 Å². The first-order valence-electron chi connectivity index (χ1n) is 5.72. The predicted octanol–water partition coefficient (Wildman–Crippen LogP) is 1.66. The van der Waals surface area contributed by atoms with Crippen LogP contribution in [0.25, 0.3) is 0 Å². The van der Waals surface area contributed by atoms with Crippen molar-refractivity contribution in [3.8, 4) is 0 Å². The molecular formula is C13H16N4O. The zero-order valence-corrected chi connectivity index (χ0v) is 10.5. The van der Waals surface area contributed by atoms with Gasteiger partial charge in [0.15, 0.2) is 0 Å². The molecule has 0 aliphatic rings. The summed E-state index contributed by atoms with van der Waals surface area (Å²) in [6.07, 6.45) is 5.70. The minimum absolute atomic E-state index is 0.0357. The lowest BCUT2D eigenvalue weighted by molar-refractivity contribution is -0.117. The highest BCUT2D eigenvalue weighted by Gasteiger charge is 2.12. The summed E-state index contributed by atoms with van der Waals surface area (Å²) in [5, 5.41) is 2.94. The van der Waals surface area contributed by atoms with Crippen LogP contribution in [0.3, 0.4) is 0 Å². The molecule has 2 N–H and O–H groups in total. The smallest absolute Gasteiger partial charge is 0.231 e. The molecule has 1 amide bonds. The Kier molecular flexibility index (Phi) is 3.62. The number of nitrogens with one attached hydrogen (secondary N) is 2. The molecule has 2 aromatic rings. The minimum atomic E-state index is 0.0357. The van der Waals surface area contributed by atoms with E-state index in [-0.39, 0.29) is 5.91 Å². The van der Waals surface area contributed by atoms with Crippen LogP contribution in [0.5, 0.6) is 0 Å². The Morgan fingerprint density at radius 2 is 2.28 bits per heavy atom. The Labute approximate surface area is 106 Å². The van der Waals surface area contributed by atoms with Gasteiger partial charge in [0.05, 0.1) is 18.3 Å². The molecule has 0 radical (unpaired) electrons. The second kappa shape index (κ2) is 5.35.